The summed E-state index contributed by atoms with van der Waals surface area (Å²) in [5, 5.41) is 7.05. The number of halogens is 1. The van der Waals surface area contributed by atoms with Crippen LogP contribution in [-0.4, -0.2) is 29.7 Å². The van der Waals surface area contributed by atoms with Crippen LogP contribution in [0.5, 0.6) is 5.75 Å². The van der Waals surface area contributed by atoms with Gasteiger partial charge in [-0.1, -0.05) is 29.8 Å². The van der Waals surface area contributed by atoms with Gasteiger partial charge in [0.05, 0.1) is 19.0 Å². The molecule has 2 N–H and O–H groups in total. The summed E-state index contributed by atoms with van der Waals surface area (Å²) >= 11 is 6.10. The third kappa shape index (κ3) is 4.69. The number of amides is 2. The first-order valence-electron chi connectivity index (χ1n) is 9.13. The molecule has 7 nitrogen and oxygen atoms in total. The molecule has 0 spiro atoms. The summed E-state index contributed by atoms with van der Waals surface area (Å²) in [6.45, 7) is 3.90. The van der Waals surface area contributed by atoms with Crippen LogP contribution in [0.15, 0.2) is 59.7 Å². The zero-order valence-corrected chi connectivity index (χ0v) is 17.5. The summed E-state index contributed by atoms with van der Waals surface area (Å²) in [6.07, 6.45) is 1.50. The van der Waals surface area contributed by atoms with E-state index in [1.165, 1.54) is 13.3 Å². The topological polar surface area (TPSA) is 84.7 Å². The fourth-order valence-electron chi connectivity index (χ4n) is 3.07. The van der Waals surface area contributed by atoms with Gasteiger partial charge in [-0.15, -0.1) is 0 Å². The molecule has 0 saturated carbocycles. The van der Waals surface area contributed by atoms with E-state index in [1.807, 2.05) is 48.7 Å². The molecule has 3 rings (SSSR count). The molecule has 2 amide bonds. The van der Waals surface area contributed by atoms with Crippen LogP contribution < -0.4 is 15.5 Å². The minimum atomic E-state index is -0.888. The first-order valence-corrected chi connectivity index (χ1v) is 9.50. The highest BCUT2D eigenvalue weighted by Gasteiger charge is 2.15. The number of ether oxygens (including phenoxy) is 1. The fourth-order valence-corrected chi connectivity index (χ4v) is 3.25. The average molecular weight is 425 g/mol. The predicted molar refractivity (Wildman–Crippen MR) is 118 cm³/mol. The van der Waals surface area contributed by atoms with Crippen molar-refractivity contribution < 1.29 is 14.3 Å². The van der Waals surface area contributed by atoms with E-state index in [9.17, 15) is 9.59 Å². The van der Waals surface area contributed by atoms with Gasteiger partial charge in [0.1, 0.15) is 5.75 Å². The van der Waals surface area contributed by atoms with Crippen molar-refractivity contribution in [2.45, 2.75) is 13.8 Å². The molecule has 154 valence electrons. The number of hydrazone groups is 1. The fraction of sp³-hybridized carbons (Fsp3) is 0.136. The van der Waals surface area contributed by atoms with Gasteiger partial charge < -0.3 is 14.6 Å². The molecule has 0 atom stereocenters. The van der Waals surface area contributed by atoms with E-state index in [1.54, 1.807) is 24.3 Å². The van der Waals surface area contributed by atoms with Crippen LogP contribution in [0.2, 0.25) is 5.02 Å². The number of nitrogens with zero attached hydrogens (tertiary/aromatic N) is 2. The molecular formula is C22H21ClN4O3. The quantitative estimate of drug-likeness (QED) is 0.370. The Kier molecular flexibility index (Phi) is 6.54. The summed E-state index contributed by atoms with van der Waals surface area (Å²) < 4.78 is 7.18. The van der Waals surface area contributed by atoms with Crippen molar-refractivity contribution in [3.63, 3.8) is 0 Å². The maximum absolute atomic E-state index is 12.1. The van der Waals surface area contributed by atoms with E-state index in [0.717, 1.165) is 22.6 Å². The molecule has 3 aromatic rings. The Balaban J connectivity index is 1.69. The SMILES string of the molecule is COc1ccccc1NC(=O)C(=O)N/N=C\c1cc(C)n(-c2cccc(Cl)c2)c1C. The van der Waals surface area contributed by atoms with Crippen molar-refractivity contribution in [1.29, 1.82) is 0 Å². The van der Waals surface area contributed by atoms with Crippen LogP contribution in [0.25, 0.3) is 5.69 Å². The Labute approximate surface area is 179 Å². The van der Waals surface area contributed by atoms with Crippen LogP contribution in [0.3, 0.4) is 0 Å². The number of carbonyl (C=O) groups is 2. The smallest absolute Gasteiger partial charge is 0.329 e. The maximum atomic E-state index is 12.1. The molecule has 0 aliphatic heterocycles. The lowest BCUT2D eigenvalue weighted by atomic mass is 10.2. The van der Waals surface area contributed by atoms with Gasteiger partial charge in [-0.3, -0.25) is 9.59 Å². The van der Waals surface area contributed by atoms with Crippen molar-refractivity contribution in [1.82, 2.24) is 9.99 Å². The Morgan fingerprint density at radius 3 is 2.57 bits per heavy atom. The maximum Gasteiger partial charge on any atom is 0.329 e. The Morgan fingerprint density at radius 1 is 1.07 bits per heavy atom. The zero-order chi connectivity index (χ0) is 21.7. The number of carbonyl (C=O) groups excluding carboxylic acids is 2. The molecule has 1 aromatic heterocycles. The van der Waals surface area contributed by atoms with E-state index in [4.69, 9.17) is 16.3 Å². The Bertz CT molecular complexity index is 1120. The van der Waals surface area contributed by atoms with E-state index in [2.05, 4.69) is 15.8 Å². The van der Waals surface area contributed by atoms with Gasteiger partial charge in [0, 0.05) is 27.7 Å². The minimum Gasteiger partial charge on any atom is -0.495 e. The first kappa shape index (κ1) is 21.1. The number of anilines is 1. The molecular weight excluding hydrogens is 404 g/mol. The molecule has 0 aliphatic rings. The van der Waals surface area contributed by atoms with Gasteiger partial charge in [-0.25, -0.2) is 5.43 Å². The molecule has 0 radical (unpaired) electrons. The summed E-state index contributed by atoms with van der Waals surface area (Å²) in [4.78, 5) is 24.2. The van der Waals surface area contributed by atoms with Gasteiger partial charge >= 0.3 is 11.8 Å². The van der Waals surface area contributed by atoms with Gasteiger partial charge in [0.15, 0.2) is 0 Å². The van der Waals surface area contributed by atoms with Crippen molar-refractivity contribution in [3.8, 4) is 11.4 Å². The van der Waals surface area contributed by atoms with Gasteiger partial charge in [0.25, 0.3) is 0 Å². The highest BCUT2D eigenvalue weighted by Crippen LogP contribution is 2.23. The van der Waals surface area contributed by atoms with Crippen LogP contribution in [0.4, 0.5) is 5.69 Å². The Morgan fingerprint density at radius 2 is 1.83 bits per heavy atom. The summed E-state index contributed by atoms with van der Waals surface area (Å²) in [6, 6.07) is 16.3. The largest absolute Gasteiger partial charge is 0.495 e. The summed E-state index contributed by atoms with van der Waals surface area (Å²) in [5.41, 5.74) is 6.28. The second-order valence-electron chi connectivity index (χ2n) is 6.50. The average Bonchev–Trinajstić information content (AvgIpc) is 3.01. The van der Waals surface area contributed by atoms with Crippen molar-refractivity contribution in [3.05, 3.63) is 76.6 Å². The lowest BCUT2D eigenvalue weighted by Gasteiger charge is -2.09. The molecule has 0 fully saturated rings. The van der Waals surface area contributed by atoms with Crippen LogP contribution in [0.1, 0.15) is 17.0 Å². The number of nitrogens with one attached hydrogen (secondary N) is 2. The highest BCUT2D eigenvalue weighted by atomic mass is 35.5. The first-order chi connectivity index (χ1) is 14.4. The molecule has 0 unspecified atom stereocenters. The molecule has 0 saturated heterocycles. The van der Waals surface area contributed by atoms with Gasteiger partial charge in [-0.2, -0.15) is 5.10 Å². The highest BCUT2D eigenvalue weighted by molar-refractivity contribution is 6.39. The van der Waals surface area contributed by atoms with Crippen LogP contribution in [-0.2, 0) is 9.59 Å². The van der Waals surface area contributed by atoms with Crippen LogP contribution >= 0.6 is 11.6 Å². The number of methoxy groups -OCH3 is 1. The second kappa shape index (κ2) is 9.28. The third-order valence-corrected chi connectivity index (χ3v) is 4.70. The lowest BCUT2D eigenvalue weighted by Crippen LogP contribution is -2.32. The van der Waals surface area contributed by atoms with E-state index < -0.39 is 11.8 Å². The normalized spacial score (nSPS) is 10.8. The van der Waals surface area contributed by atoms with Crippen molar-refractivity contribution in [2.75, 3.05) is 12.4 Å². The molecule has 0 bridgehead atoms. The lowest BCUT2D eigenvalue weighted by molar-refractivity contribution is -0.136. The minimum absolute atomic E-state index is 0.397. The number of benzene rings is 2. The molecule has 0 aliphatic carbocycles. The zero-order valence-electron chi connectivity index (χ0n) is 16.8. The van der Waals surface area contributed by atoms with Crippen molar-refractivity contribution >= 4 is 35.3 Å². The third-order valence-electron chi connectivity index (χ3n) is 4.47. The number of aryl methyl sites for hydroxylation is 1. The van der Waals surface area contributed by atoms with E-state index in [0.29, 0.717) is 16.5 Å². The molecule has 1 heterocycles. The van der Waals surface area contributed by atoms with E-state index >= 15 is 0 Å². The number of aromatic nitrogens is 1. The van der Waals surface area contributed by atoms with E-state index in [-0.39, 0.29) is 0 Å². The Hall–Kier alpha value is -3.58. The van der Waals surface area contributed by atoms with Crippen molar-refractivity contribution in [2.24, 2.45) is 5.10 Å². The monoisotopic (exact) mass is 424 g/mol. The predicted octanol–water partition coefficient (Wildman–Crippen LogP) is 3.84. The molecule has 2 aromatic carbocycles. The second-order valence-corrected chi connectivity index (χ2v) is 6.93. The van der Waals surface area contributed by atoms with Gasteiger partial charge in [-0.05, 0) is 50.2 Å². The molecule has 8 heteroatoms. The summed E-state index contributed by atoms with van der Waals surface area (Å²) in [7, 11) is 1.48. The number of hydrogen-bond acceptors (Lipinski definition) is 4. The standard InChI is InChI=1S/C22H21ClN4O3/c1-14-11-16(15(2)27(14)18-8-6-7-17(23)12-18)13-24-26-22(29)21(28)25-19-9-4-5-10-20(19)30-3/h4-13H,1-3H3,(H,25,28)(H,26,29)/b24-13-. The summed E-state index contributed by atoms with van der Waals surface area (Å²) in [5.74, 6) is -1.28. The number of rotatable bonds is 5. The molecule has 30 heavy (non-hydrogen) atoms. The van der Waals surface area contributed by atoms with Crippen LogP contribution in [0, 0.1) is 13.8 Å². The van der Waals surface area contributed by atoms with Gasteiger partial charge in [0.2, 0.25) is 0 Å². The number of hydrogen-bond donors (Lipinski definition) is 2. The number of para-hydroxylation sites is 2.